The van der Waals surface area contributed by atoms with Crippen molar-refractivity contribution >= 4 is 23.4 Å². The third-order valence-electron chi connectivity index (χ3n) is 5.04. The van der Waals surface area contributed by atoms with E-state index in [0.717, 1.165) is 13.0 Å². The Kier molecular flexibility index (Phi) is 3.99. The van der Waals surface area contributed by atoms with Crippen LogP contribution in [0.2, 0.25) is 5.02 Å². The Hall–Kier alpha value is -1.40. The van der Waals surface area contributed by atoms with Gasteiger partial charge in [-0.15, -0.1) is 0 Å². The van der Waals surface area contributed by atoms with Gasteiger partial charge in [0.15, 0.2) is 11.6 Å². The fourth-order valence-corrected chi connectivity index (χ4v) is 3.96. The summed E-state index contributed by atoms with van der Waals surface area (Å²) in [5.74, 6) is -0.954. The van der Waals surface area contributed by atoms with Crippen LogP contribution in [0.3, 0.4) is 0 Å². The Labute approximate surface area is 133 Å². The van der Waals surface area contributed by atoms with Gasteiger partial charge in [0.1, 0.15) is 0 Å². The highest BCUT2D eigenvalue weighted by Crippen LogP contribution is 2.43. The summed E-state index contributed by atoms with van der Waals surface area (Å²) in [5, 5.41) is 9.99. The summed E-state index contributed by atoms with van der Waals surface area (Å²) in [5.41, 5.74) is -0.730. The van der Waals surface area contributed by atoms with E-state index in [1.165, 1.54) is 12.3 Å². The molecule has 22 heavy (non-hydrogen) atoms. The second-order valence-electron chi connectivity index (χ2n) is 6.22. The molecule has 2 aliphatic heterocycles. The number of aliphatic carboxylic acids is 1. The number of piperidine rings is 2. The maximum atomic E-state index is 14.1. The molecule has 3 rings (SSSR count). The lowest BCUT2D eigenvalue weighted by atomic mass is 9.68. The van der Waals surface area contributed by atoms with Gasteiger partial charge in [0.05, 0.1) is 10.4 Å². The van der Waals surface area contributed by atoms with Crippen molar-refractivity contribution in [1.29, 1.82) is 0 Å². The molecule has 2 atom stereocenters. The first-order valence-electron chi connectivity index (χ1n) is 7.44. The number of likely N-dealkylation sites (tertiary alicyclic amines) is 1. The second-order valence-corrected chi connectivity index (χ2v) is 6.65. The standard InChI is InChI=1S/C15H19ClFN3O2/c1-19-5-2-3-15(14(21)22)4-6-20(9-12(15)19)13-11(17)7-10(16)8-18-13/h7-8,12H,2-6,9H2,1H3,(H,21,22)/t12-,15+/m1/s1. The van der Waals surface area contributed by atoms with E-state index in [1.54, 1.807) is 0 Å². The number of carboxylic acid groups (broad SMARTS) is 1. The highest BCUT2D eigenvalue weighted by molar-refractivity contribution is 6.30. The summed E-state index contributed by atoms with van der Waals surface area (Å²) in [6, 6.07) is 1.11. The molecule has 0 unspecified atom stereocenters. The smallest absolute Gasteiger partial charge is 0.311 e. The zero-order chi connectivity index (χ0) is 15.9. The normalized spacial score (nSPS) is 29.2. The van der Waals surface area contributed by atoms with Gasteiger partial charge in [-0.1, -0.05) is 11.6 Å². The maximum Gasteiger partial charge on any atom is 0.311 e. The van der Waals surface area contributed by atoms with Gasteiger partial charge in [0.25, 0.3) is 0 Å². The van der Waals surface area contributed by atoms with Crippen LogP contribution in [0.4, 0.5) is 10.2 Å². The van der Waals surface area contributed by atoms with Crippen LogP contribution in [0.15, 0.2) is 12.3 Å². The Balaban J connectivity index is 1.89. The van der Waals surface area contributed by atoms with Crippen molar-refractivity contribution in [2.24, 2.45) is 5.41 Å². The SMILES string of the molecule is CN1CCC[C@]2(C(=O)O)CCN(c3ncc(Cl)cc3F)C[C@@H]12. The van der Waals surface area contributed by atoms with Crippen LogP contribution in [0.25, 0.3) is 0 Å². The first-order valence-corrected chi connectivity index (χ1v) is 7.81. The number of hydrogen-bond donors (Lipinski definition) is 1. The number of rotatable bonds is 2. The van der Waals surface area contributed by atoms with Gasteiger partial charge in [-0.2, -0.15) is 0 Å². The maximum absolute atomic E-state index is 14.1. The third kappa shape index (κ3) is 2.44. The number of nitrogens with zero attached hydrogens (tertiary/aromatic N) is 3. The minimum Gasteiger partial charge on any atom is -0.481 e. The summed E-state index contributed by atoms with van der Waals surface area (Å²) < 4.78 is 14.1. The summed E-state index contributed by atoms with van der Waals surface area (Å²) >= 11 is 5.75. The van der Waals surface area contributed by atoms with Gasteiger partial charge < -0.3 is 14.9 Å². The Morgan fingerprint density at radius 2 is 2.27 bits per heavy atom. The molecule has 1 aromatic heterocycles. The zero-order valence-corrected chi connectivity index (χ0v) is 13.2. The molecule has 120 valence electrons. The molecule has 1 aromatic rings. The van der Waals surface area contributed by atoms with Gasteiger partial charge in [0.2, 0.25) is 0 Å². The first-order chi connectivity index (χ1) is 10.4. The Morgan fingerprint density at radius 1 is 1.50 bits per heavy atom. The average molecular weight is 328 g/mol. The summed E-state index contributed by atoms with van der Waals surface area (Å²) in [6.07, 6.45) is 3.49. The minimum absolute atomic E-state index is 0.135. The molecular weight excluding hydrogens is 309 g/mol. The van der Waals surface area contributed by atoms with Gasteiger partial charge in [0, 0.05) is 25.3 Å². The lowest BCUT2D eigenvalue weighted by molar-refractivity contribution is -0.158. The van der Waals surface area contributed by atoms with Gasteiger partial charge in [-0.05, 0) is 38.9 Å². The fourth-order valence-electron chi connectivity index (χ4n) is 3.82. The largest absolute Gasteiger partial charge is 0.481 e. The van der Waals surface area contributed by atoms with E-state index in [1.807, 2.05) is 11.9 Å². The molecule has 0 amide bonds. The number of pyridine rings is 1. The second kappa shape index (κ2) is 5.66. The number of aromatic nitrogens is 1. The number of likely N-dealkylation sites (N-methyl/N-ethyl adjacent to an activating group) is 1. The highest BCUT2D eigenvalue weighted by Gasteiger charge is 2.52. The van der Waals surface area contributed by atoms with Crippen LogP contribution in [-0.4, -0.2) is 53.7 Å². The van der Waals surface area contributed by atoms with Gasteiger partial charge >= 0.3 is 5.97 Å². The number of carbonyl (C=O) groups is 1. The van der Waals surface area contributed by atoms with Crippen LogP contribution in [0, 0.1) is 11.2 Å². The zero-order valence-electron chi connectivity index (χ0n) is 12.4. The predicted molar refractivity (Wildman–Crippen MR) is 81.8 cm³/mol. The molecule has 0 aromatic carbocycles. The highest BCUT2D eigenvalue weighted by atomic mass is 35.5. The lowest BCUT2D eigenvalue weighted by Gasteiger charge is -2.52. The van der Waals surface area contributed by atoms with Crippen molar-refractivity contribution in [2.75, 3.05) is 31.6 Å². The van der Waals surface area contributed by atoms with Crippen molar-refractivity contribution in [3.8, 4) is 0 Å². The molecule has 3 heterocycles. The van der Waals surface area contributed by atoms with Crippen molar-refractivity contribution < 1.29 is 14.3 Å². The monoisotopic (exact) mass is 327 g/mol. The number of hydrogen-bond acceptors (Lipinski definition) is 4. The van der Waals surface area contributed by atoms with E-state index >= 15 is 0 Å². The van der Waals surface area contributed by atoms with Crippen molar-refractivity contribution in [3.05, 3.63) is 23.1 Å². The van der Waals surface area contributed by atoms with Gasteiger partial charge in [-0.25, -0.2) is 9.37 Å². The van der Waals surface area contributed by atoms with Crippen LogP contribution < -0.4 is 4.90 Å². The topological polar surface area (TPSA) is 56.7 Å². The molecule has 1 N–H and O–H groups in total. The molecule has 0 aliphatic carbocycles. The number of halogens is 2. The van der Waals surface area contributed by atoms with Crippen LogP contribution in [0.5, 0.6) is 0 Å². The molecule has 2 aliphatic rings. The van der Waals surface area contributed by atoms with Crippen LogP contribution in [0.1, 0.15) is 19.3 Å². The van der Waals surface area contributed by atoms with Crippen molar-refractivity contribution in [1.82, 2.24) is 9.88 Å². The number of fused-ring (bicyclic) bond motifs is 1. The summed E-state index contributed by atoms with van der Waals surface area (Å²) in [4.78, 5) is 19.9. The number of anilines is 1. The molecule has 5 nitrogen and oxygen atoms in total. The van der Waals surface area contributed by atoms with Gasteiger partial charge in [-0.3, -0.25) is 4.79 Å². The van der Waals surface area contributed by atoms with E-state index in [4.69, 9.17) is 11.6 Å². The van der Waals surface area contributed by atoms with Crippen LogP contribution >= 0.6 is 11.6 Å². The molecule has 0 bridgehead atoms. The minimum atomic E-state index is -0.742. The van der Waals surface area contributed by atoms with Crippen molar-refractivity contribution in [3.63, 3.8) is 0 Å². The fraction of sp³-hybridized carbons (Fsp3) is 0.600. The van der Waals surface area contributed by atoms with E-state index in [-0.39, 0.29) is 16.9 Å². The molecule has 2 fully saturated rings. The van der Waals surface area contributed by atoms with E-state index in [9.17, 15) is 14.3 Å². The molecule has 0 saturated carbocycles. The Morgan fingerprint density at radius 3 is 2.95 bits per heavy atom. The van der Waals surface area contributed by atoms with E-state index in [0.29, 0.717) is 25.9 Å². The van der Waals surface area contributed by atoms with Crippen LogP contribution in [-0.2, 0) is 4.79 Å². The molecule has 7 heteroatoms. The quantitative estimate of drug-likeness (QED) is 0.903. The van der Waals surface area contributed by atoms with E-state index in [2.05, 4.69) is 9.88 Å². The lowest BCUT2D eigenvalue weighted by Crippen LogP contribution is -2.63. The Bertz CT molecular complexity index is 600. The average Bonchev–Trinajstić information content (AvgIpc) is 2.47. The molecular formula is C15H19ClFN3O2. The molecule has 0 radical (unpaired) electrons. The molecule has 0 spiro atoms. The third-order valence-corrected chi connectivity index (χ3v) is 5.25. The van der Waals surface area contributed by atoms with Crippen molar-refractivity contribution in [2.45, 2.75) is 25.3 Å². The first kappa shape index (κ1) is 15.5. The summed E-state index contributed by atoms with van der Waals surface area (Å²) in [7, 11) is 1.94. The number of carboxylic acids is 1. The molecule has 2 saturated heterocycles. The summed E-state index contributed by atoms with van der Waals surface area (Å²) in [6.45, 7) is 1.82. The predicted octanol–water partition coefficient (Wildman–Crippen LogP) is 2.25. The van der Waals surface area contributed by atoms with E-state index < -0.39 is 17.2 Å².